The van der Waals surface area contributed by atoms with Crippen LogP contribution in [0.2, 0.25) is 0 Å². The van der Waals surface area contributed by atoms with Gasteiger partial charge in [0.1, 0.15) is 11.4 Å². The molecule has 3 aromatic carbocycles. The first kappa shape index (κ1) is 24.0. The number of para-hydroxylation sites is 2. The van der Waals surface area contributed by atoms with E-state index in [1.54, 1.807) is 10.6 Å². The van der Waals surface area contributed by atoms with Crippen molar-refractivity contribution in [1.82, 2.24) is 14.9 Å². The molecule has 2 fully saturated rings. The predicted molar refractivity (Wildman–Crippen MR) is 150 cm³/mol. The van der Waals surface area contributed by atoms with E-state index in [1.165, 1.54) is 4.90 Å². The quantitative estimate of drug-likeness (QED) is 0.407. The Bertz CT molecular complexity index is 1720. The fraction of sp³-hybridized carbons (Fsp3) is 0.312. The van der Waals surface area contributed by atoms with Crippen molar-refractivity contribution < 1.29 is 9.59 Å². The second-order valence-corrected chi connectivity index (χ2v) is 11.3. The molecule has 196 valence electrons. The SMILES string of the molecule is CCc1ccc(N2C(=O)[C@H]3[C@@H](CC(C)C)N[C@]4(c5ccccc5-n5c4nc4ccccc4c5=O)[C@H]3C2=O)cc1. The molecule has 0 bridgehead atoms. The summed E-state index contributed by atoms with van der Waals surface area (Å²) in [6, 6.07) is 22.4. The van der Waals surface area contributed by atoms with Gasteiger partial charge in [0.25, 0.3) is 5.56 Å². The third-order valence-corrected chi connectivity index (χ3v) is 8.69. The lowest BCUT2D eigenvalue weighted by molar-refractivity contribution is -0.123. The number of nitrogens with one attached hydrogen (secondary N) is 1. The van der Waals surface area contributed by atoms with Crippen LogP contribution in [0.1, 0.15) is 44.1 Å². The number of fused-ring (bicyclic) bond motifs is 8. The van der Waals surface area contributed by atoms with Crippen LogP contribution in [-0.2, 0) is 21.5 Å². The Morgan fingerprint density at radius 1 is 0.923 bits per heavy atom. The lowest BCUT2D eigenvalue weighted by atomic mass is 9.75. The molecule has 7 rings (SSSR count). The summed E-state index contributed by atoms with van der Waals surface area (Å²) in [5, 5.41) is 4.29. The Balaban J connectivity index is 1.49. The summed E-state index contributed by atoms with van der Waals surface area (Å²) >= 11 is 0. The summed E-state index contributed by atoms with van der Waals surface area (Å²) < 4.78 is 1.65. The number of aromatic nitrogens is 2. The molecule has 3 aliphatic heterocycles. The second kappa shape index (κ2) is 8.45. The van der Waals surface area contributed by atoms with Gasteiger partial charge in [-0.1, -0.05) is 63.2 Å². The molecular formula is C32H30N4O3. The summed E-state index contributed by atoms with van der Waals surface area (Å²) in [5.41, 5.74) is 2.56. The molecule has 1 N–H and O–H groups in total. The fourth-order valence-corrected chi connectivity index (χ4v) is 7.06. The third kappa shape index (κ3) is 3.13. The average molecular weight is 519 g/mol. The van der Waals surface area contributed by atoms with E-state index >= 15 is 0 Å². The number of hydrogen-bond donors (Lipinski definition) is 1. The van der Waals surface area contributed by atoms with Crippen molar-refractivity contribution in [2.24, 2.45) is 17.8 Å². The lowest BCUT2D eigenvalue weighted by Gasteiger charge is -2.32. The van der Waals surface area contributed by atoms with Crippen LogP contribution in [0.4, 0.5) is 5.69 Å². The van der Waals surface area contributed by atoms with Crippen molar-refractivity contribution in [3.63, 3.8) is 0 Å². The first-order chi connectivity index (χ1) is 18.9. The molecule has 3 aliphatic rings. The topological polar surface area (TPSA) is 84.3 Å². The molecule has 4 heterocycles. The maximum Gasteiger partial charge on any atom is 0.266 e. The molecule has 0 radical (unpaired) electrons. The van der Waals surface area contributed by atoms with Gasteiger partial charge in [-0.05, 0) is 54.7 Å². The summed E-state index contributed by atoms with van der Waals surface area (Å²) in [6.45, 7) is 6.32. The van der Waals surface area contributed by atoms with E-state index in [1.807, 2.05) is 66.7 Å². The molecule has 0 saturated carbocycles. The number of anilines is 1. The van der Waals surface area contributed by atoms with Crippen molar-refractivity contribution in [1.29, 1.82) is 0 Å². The zero-order valence-electron chi connectivity index (χ0n) is 22.2. The molecule has 2 saturated heterocycles. The summed E-state index contributed by atoms with van der Waals surface area (Å²) in [5.74, 6) is -0.973. The van der Waals surface area contributed by atoms with Crippen LogP contribution in [0, 0.1) is 17.8 Å². The highest BCUT2D eigenvalue weighted by atomic mass is 16.2. The van der Waals surface area contributed by atoms with Crippen molar-refractivity contribution in [3.8, 4) is 5.69 Å². The van der Waals surface area contributed by atoms with Gasteiger partial charge in [0, 0.05) is 11.6 Å². The monoisotopic (exact) mass is 518 g/mol. The van der Waals surface area contributed by atoms with Crippen LogP contribution in [0.25, 0.3) is 16.6 Å². The number of benzene rings is 3. The lowest BCUT2D eigenvalue weighted by Crippen LogP contribution is -2.50. The van der Waals surface area contributed by atoms with Crippen LogP contribution in [-0.4, -0.2) is 27.4 Å². The van der Waals surface area contributed by atoms with Gasteiger partial charge < -0.3 is 0 Å². The minimum atomic E-state index is -1.10. The smallest absolute Gasteiger partial charge is 0.266 e. The summed E-state index contributed by atoms with van der Waals surface area (Å²) in [7, 11) is 0. The van der Waals surface area contributed by atoms with E-state index < -0.39 is 17.4 Å². The largest absolute Gasteiger partial charge is 0.297 e. The number of rotatable bonds is 4. The molecule has 0 aliphatic carbocycles. The normalized spacial score (nSPS) is 25.1. The molecule has 2 amide bonds. The van der Waals surface area contributed by atoms with E-state index in [-0.39, 0.29) is 23.4 Å². The van der Waals surface area contributed by atoms with E-state index in [4.69, 9.17) is 4.98 Å². The zero-order valence-corrected chi connectivity index (χ0v) is 22.2. The van der Waals surface area contributed by atoms with Gasteiger partial charge in [0.15, 0.2) is 0 Å². The molecule has 39 heavy (non-hydrogen) atoms. The van der Waals surface area contributed by atoms with Crippen LogP contribution < -0.4 is 15.8 Å². The van der Waals surface area contributed by atoms with Gasteiger partial charge in [0.05, 0.1) is 34.1 Å². The molecular weight excluding hydrogens is 488 g/mol. The second-order valence-electron chi connectivity index (χ2n) is 11.3. The number of carbonyl (C=O) groups excluding carboxylic acids is 2. The minimum Gasteiger partial charge on any atom is -0.297 e. The molecule has 0 unspecified atom stereocenters. The molecule has 4 atom stereocenters. The molecule has 4 aromatic rings. The highest BCUT2D eigenvalue weighted by Crippen LogP contribution is 2.56. The average Bonchev–Trinajstić information content (AvgIpc) is 3.51. The van der Waals surface area contributed by atoms with Crippen LogP contribution in [0.15, 0.2) is 77.6 Å². The van der Waals surface area contributed by atoms with Crippen LogP contribution >= 0.6 is 0 Å². The summed E-state index contributed by atoms with van der Waals surface area (Å²) in [4.78, 5) is 48.9. The van der Waals surface area contributed by atoms with Crippen LogP contribution in [0.3, 0.4) is 0 Å². The van der Waals surface area contributed by atoms with Gasteiger partial charge in [-0.15, -0.1) is 0 Å². The Hall–Kier alpha value is -4.10. The van der Waals surface area contributed by atoms with Gasteiger partial charge in [-0.2, -0.15) is 0 Å². The molecule has 1 aromatic heterocycles. The predicted octanol–water partition coefficient (Wildman–Crippen LogP) is 4.33. The molecule has 7 heteroatoms. The van der Waals surface area contributed by atoms with E-state index in [0.29, 0.717) is 40.4 Å². The van der Waals surface area contributed by atoms with E-state index in [2.05, 4.69) is 26.1 Å². The summed E-state index contributed by atoms with van der Waals surface area (Å²) in [6.07, 6.45) is 1.59. The fourth-order valence-electron chi connectivity index (χ4n) is 7.06. The van der Waals surface area contributed by atoms with E-state index in [0.717, 1.165) is 17.5 Å². The number of imide groups is 1. The highest BCUT2D eigenvalue weighted by Gasteiger charge is 2.69. The number of aryl methyl sites for hydroxylation is 1. The highest BCUT2D eigenvalue weighted by molar-refractivity contribution is 6.23. The third-order valence-electron chi connectivity index (χ3n) is 8.69. The van der Waals surface area contributed by atoms with Crippen molar-refractivity contribution in [3.05, 3.63) is 100 Å². The Kier molecular flexibility index (Phi) is 5.19. The number of amides is 2. The molecule has 7 nitrogen and oxygen atoms in total. The Labute approximate surface area is 226 Å². The van der Waals surface area contributed by atoms with Gasteiger partial charge in [-0.3, -0.25) is 24.3 Å². The maximum absolute atomic E-state index is 14.5. The first-order valence-electron chi connectivity index (χ1n) is 13.7. The van der Waals surface area contributed by atoms with E-state index in [9.17, 15) is 14.4 Å². The van der Waals surface area contributed by atoms with Crippen molar-refractivity contribution in [2.45, 2.75) is 45.2 Å². The number of nitrogens with zero attached hydrogens (tertiary/aromatic N) is 3. The van der Waals surface area contributed by atoms with Crippen LogP contribution in [0.5, 0.6) is 0 Å². The molecule has 1 spiro atoms. The zero-order chi connectivity index (χ0) is 27.1. The Morgan fingerprint density at radius 2 is 1.64 bits per heavy atom. The Morgan fingerprint density at radius 3 is 2.38 bits per heavy atom. The van der Waals surface area contributed by atoms with Crippen molar-refractivity contribution in [2.75, 3.05) is 4.90 Å². The number of carbonyl (C=O) groups is 2. The van der Waals surface area contributed by atoms with Gasteiger partial charge in [-0.25, -0.2) is 9.88 Å². The standard InChI is InChI=1S/C32H30N4O3/c1-4-19-13-15-20(16-14-19)35-29(38)26-24(17-18(2)3)34-32(27(26)30(35)39)22-10-6-8-12-25(22)36-28(37)21-9-5-7-11-23(21)33-31(32)36/h5-16,18,24,26-27,34H,4,17H2,1-3H3/t24-,26+,27-,32-/m1/s1. The first-order valence-corrected chi connectivity index (χ1v) is 13.7. The van der Waals surface area contributed by atoms with Gasteiger partial charge in [0.2, 0.25) is 11.8 Å². The maximum atomic E-state index is 14.5. The minimum absolute atomic E-state index is 0.172. The van der Waals surface area contributed by atoms with Gasteiger partial charge >= 0.3 is 0 Å². The van der Waals surface area contributed by atoms with Crippen molar-refractivity contribution >= 4 is 28.4 Å². The number of hydrogen-bond acceptors (Lipinski definition) is 5.